The van der Waals surface area contributed by atoms with Crippen LogP contribution in [0.2, 0.25) is 0 Å². The third-order valence-corrected chi connectivity index (χ3v) is 7.43. The average molecular weight is 630 g/mol. The molecule has 2 amide bonds. The summed E-state index contributed by atoms with van der Waals surface area (Å²) in [6.07, 6.45) is 6.14. The van der Waals surface area contributed by atoms with Gasteiger partial charge in [0.15, 0.2) is 0 Å². The van der Waals surface area contributed by atoms with E-state index < -0.39 is 6.09 Å². The van der Waals surface area contributed by atoms with E-state index in [4.69, 9.17) is 19.9 Å². The Morgan fingerprint density at radius 1 is 1.04 bits per heavy atom. The Labute approximate surface area is 270 Å². The van der Waals surface area contributed by atoms with E-state index in [-0.39, 0.29) is 36.8 Å². The molecule has 2 heterocycles. The molecule has 0 radical (unpaired) electrons. The smallest absolute Gasteiger partial charge is 0.435 e. The summed E-state index contributed by atoms with van der Waals surface area (Å²) < 4.78 is 15.9. The Hall–Kier alpha value is -4.77. The lowest BCUT2D eigenvalue weighted by Gasteiger charge is -2.22. The van der Waals surface area contributed by atoms with Crippen LogP contribution in [-0.4, -0.2) is 67.8 Å². The first-order valence-electron chi connectivity index (χ1n) is 15.9. The van der Waals surface area contributed by atoms with Crippen LogP contribution < -0.4 is 16.0 Å². The van der Waals surface area contributed by atoms with Crippen molar-refractivity contribution >= 4 is 35.3 Å². The van der Waals surface area contributed by atoms with Gasteiger partial charge in [-0.1, -0.05) is 44.4 Å². The minimum Gasteiger partial charge on any atom is -0.460 e. The van der Waals surface area contributed by atoms with Gasteiger partial charge < -0.3 is 25.3 Å². The molecular weight excluding hydrogens is 586 g/mol. The summed E-state index contributed by atoms with van der Waals surface area (Å²) in [5.41, 5.74) is 8.97. The van der Waals surface area contributed by atoms with Gasteiger partial charge in [-0.05, 0) is 66.9 Å². The maximum atomic E-state index is 13.6. The van der Waals surface area contributed by atoms with Crippen LogP contribution in [0.5, 0.6) is 0 Å². The van der Waals surface area contributed by atoms with Crippen LogP contribution >= 0.6 is 0 Å². The lowest BCUT2D eigenvalue weighted by atomic mass is 10.1. The second-order valence-corrected chi connectivity index (χ2v) is 11.0. The fourth-order valence-corrected chi connectivity index (χ4v) is 4.90. The van der Waals surface area contributed by atoms with Crippen molar-refractivity contribution in [3.05, 3.63) is 89.6 Å². The number of carbonyl (C=O) groups is 3. The number of hydrogen-bond donors (Lipinski definition) is 2. The molecule has 3 aromatic rings. The van der Waals surface area contributed by atoms with Crippen molar-refractivity contribution in [3.8, 4) is 0 Å². The molecule has 2 aromatic carbocycles. The lowest BCUT2D eigenvalue weighted by Crippen LogP contribution is -2.34. The van der Waals surface area contributed by atoms with Crippen LogP contribution in [0.25, 0.3) is 0 Å². The third kappa shape index (κ3) is 11.0. The number of esters is 1. The summed E-state index contributed by atoms with van der Waals surface area (Å²) >= 11 is 0. The van der Waals surface area contributed by atoms with Crippen LogP contribution in [0.3, 0.4) is 0 Å². The Morgan fingerprint density at radius 2 is 1.89 bits per heavy atom. The van der Waals surface area contributed by atoms with Gasteiger partial charge in [-0.15, -0.1) is 0 Å². The molecule has 0 bridgehead atoms. The van der Waals surface area contributed by atoms with E-state index in [1.165, 1.54) is 4.90 Å². The Morgan fingerprint density at radius 3 is 2.63 bits per heavy atom. The second-order valence-electron chi connectivity index (χ2n) is 11.0. The number of pyridine rings is 1. The first kappa shape index (κ1) is 34.1. The van der Waals surface area contributed by atoms with Crippen LogP contribution in [0, 0.1) is 0 Å². The summed E-state index contributed by atoms with van der Waals surface area (Å²) in [6.45, 7) is 4.20. The Balaban J connectivity index is 1.29. The van der Waals surface area contributed by atoms with Crippen molar-refractivity contribution in [2.75, 3.05) is 43.1 Å². The summed E-state index contributed by atoms with van der Waals surface area (Å²) in [7, 11) is 0. The molecule has 1 aromatic heterocycles. The monoisotopic (exact) mass is 629 g/mol. The molecule has 0 aliphatic carbocycles. The zero-order chi connectivity index (χ0) is 32.6. The van der Waals surface area contributed by atoms with Crippen molar-refractivity contribution in [1.29, 1.82) is 0 Å². The van der Waals surface area contributed by atoms with Crippen molar-refractivity contribution in [2.45, 2.75) is 58.0 Å². The van der Waals surface area contributed by atoms with Gasteiger partial charge in [-0.2, -0.15) is 4.99 Å². The van der Waals surface area contributed by atoms with Gasteiger partial charge >= 0.3 is 12.1 Å². The van der Waals surface area contributed by atoms with E-state index in [2.05, 4.69) is 22.2 Å². The van der Waals surface area contributed by atoms with E-state index in [9.17, 15) is 14.4 Å². The topological polar surface area (TPSA) is 145 Å². The number of aromatic nitrogens is 1. The highest BCUT2D eigenvalue weighted by molar-refractivity contribution is 6.06. The number of ether oxygens (including phenoxy) is 3. The number of aliphatic imine (C=N–C) groups is 1. The fourth-order valence-electron chi connectivity index (χ4n) is 4.90. The Kier molecular flexibility index (Phi) is 13.5. The largest absolute Gasteiger partial charge is 0.460 e. The molecule has 3 N–H and O–H groups in total. The second kappa shape index (κ2) is 18.3. The number of nitrogens with two attached hydrogens (primary N) is 1. The van der Waals surface area contributed by atoms with Crippen LogP contribution in [-0.2, 0) is 25.4 Å². The standard InChI is InChI=1S/C35H43N5O6/c1-2-3-4-7-22-45-35(43)39-33(36)27-12-14-29(15-13-27)37-20-16-26-9-8-10-28(24-26)34(42)40(31-11-5-6-19-38-31)21-17-32(41)46-30-18-23-44-25-30/h5-6,8-15,19,24,30,37H,2-4,7,16-18,20-23,25H2,1H3,(H2,36,39,43)/t30-/m1/s1. The van der Waals surface area contributed by atoms with Crippen LogP contribution in [0.15, 0.2) is 77.9 Å². The molecule has 0 spiro atoms. The predicted octanol–water partition coefficient (Wildman–Crippen LogP) is 5.53. The number of amidine groups is 1. The van der Waals surface area contributed by atoms with Gasteiger partial charge in [0.25, 0.3) is 5.91 Å². The number of rotatable bonds is 16. The molecule has 244 valence electrons. The quantitative estimate of drug-likeness (QED) is 0.0904. The number of anilines is 2. The van der Waals surface area contributed by atoms with Gasteiger partial charge in [0.05, 0.1) is 26.2 Å². The number of benzene rings is 2. The molecule has 1 aliphatic rings. The van der Waals surface area contributed by atoms with Gasteiger partial charge in [0, 0.05) is 42.5 Å². The van der Waals surface area contributed by atoms with Crippen molar-refractivity contribution in [3.63, 3.8) is 0 Å². The molecule has 1 saturated heterocycles. The molecular formula is C35H43N5O6. The van der Waals surface area contributed by atoms with Crippen LogP contribution in [0.1, 0.15) is 66.9 Å². The maximum Gasteiger partial charge on any atom is 0.435 e. The maximum absolute atomic E-state index is 13.6. The zero-order valence-electron chi connectivity index (χ0n) is 26.4. The van der Waals surface area contributed by atoms with Gasteiger partial charge in [0.2, 0.25) is 0 Å². The summed E-state index contributed by atoms with van der Waals surface area (Å²) in [5.74, 6) is -0.0555. The highest BCUT2D eigenvalue weighted by atomic mass is 16.6. The summed E-state index contributed by atoms with van der Waals surface area (Å²) in [4.78, 5) is 47.7. The van der Waals surface area contributed by atoms with E-state index in [1.807, 2.05) is 30.3 Å². The number of nitrogens with one attached hydrogen (secondary N) is 1. The lowest BCUT2D eigenvalue weighted by molar-refractivity contribution is -0.148. The van der Waals surface area contributed by atoms with E-state index >= 15 is 0 Å². The first-order chi connectivity index (χ1) is 22.4. The molecule has 11 nitrogen and oxygen atoms in total. The predicted molar refractivity (Wildman–Crippen MR) is 177 cm³/mol. The van der Waals surface area contributed by atoms with Gasteiger partial charge in [-0.25, -0.2) is 9.78 Å². The highest BCUT2D eigenvalue weighted by Gasteiger charge is 2.23. The molecule has 4 rings (SSSR count). The summed E-state index contributed by atoms with van der Waals surface area (Å²) in [5, 5.41) is 3.37. The Bertz CT molecular complexity index is 1440. The van der Waals surface area contributed by atoms with Gasteiger partial charge in [-0.3, -0.25) is 14.5 Å². The minimum atomic E-state index is -0.683. The van der Waals surface area contributed by atoms with E-state index in [0.29, 0.717) is 56.2 Å². The molecule has 1 fully saturated rings. The molecule has 46 heavy (non-hydrogen) atoms. The number of nitrogens with zero attached hydrogens (tertiary/aromatic N) is 3. The zero-order valence-corrected chi connectivity index (χ0v) is 26.4. The fraction of sp³-hybridized carbons (Fsp3) is 0.400. The first-order valence-corrected chi connectivity index (χ1v) is 15.9. The normalized spacial score (nSPS) is 14.5. The van der Waals surface area contributed by atoms with E-state index in [1.54, 1.807) is 42.6 Å². The molecule has 11 heteroatoms. The molecule has 0 saturated carbocycles. The molecule has 1 atom stereocenters. The molecule has 1 aliphatic heterocycles. The van der Waals surface area contributed by atoms with Crippen LogP contribution in [0.4, 0.5) is 16.3 Å². The van der Waals surface area contributed by atoms with Crippen molar-refractivity contribution < 1.29 is 28.6 Å². The highest BCUT2D eigenvalue weighted by Crippen LogP contribution is 2.18. The van der Waals surface area contributed by atoms with Crippen molar-refractivity contribution in [1.82, 2.24) is 4.98 Å². The average Bonchev–Trinajstić information content (AvgIpc) is 3.58. The summed E-state index contributed by atoms with van der Waals surface area (Å²) in [6, 6.07) is 20.1. The van der Waals surface area contributed by atoms with E-state index in [0.717, 1.165) is 36.9 Å². The number of hydrogen-bond acceptors (Lipinski definition) is 8. The molecule has 0 unspecified atom stereocenters. The minimum absolute atomic E-state index is 0.0436. The SMILES string of the molecule is CCCCCCOC(=O)/N=C(\N)c1ccc(NCCc2cccc(C(=O)N(CCC(=O)O[C@@H]3CCOC3)c3ccccn3)c2)cc1. The van der Waals surface area contributed by atoms with Gasteiger partial charge in [0.1, 0.15) is 17.8 Å². The number of amides is 2. The number of carbonyl (C=O) groups excluding carboxylic acids is 3. The number of unbranched alkanes of at least 4 members (excludes halogenated alkanes) is 3. The third-order valence-electron chi connectivity index (χ3n) is 7.43. The van der Waals surface area contributed by atoms with Crippen molar-refractivity contribution in [2.24, 2.45) is 10.7 Å².